The molecule has 35 heavy (non-hydrogen) atoms. The van der Waals surface area contributed by atoms with Gasteiger partial charge in [0.05, 0.1) is 29.8 Å². The topological polar surface area (TPSA) is 18.5 Å². The van der Waals surface area contributed by atoms with Gasteiger partial charge in [-0.05, 0) is 35.4 Å². The van der Waals surface area contributed by atoms with Crippen LogP contribution in [0.2, 0.25) is 5.02 Å². The van der Waals surface area contributed by atoms with E-state index in [2.05, 4.69) is 0 Å². The maximum absolute atomic E-state index is 13.5. The van der Waals surface area contributed by atoms with Crippen molar-refractivity contribution < 1.29 is 35.8 Å². The molecule has 0 saturated carbocycles. The van der Waals surface area contributed by atoms with Gasteiger partial charge >= 0.3 is 12.4 Å². The average Bonchev–Trinajstić information content (AvgIpc) is 2.84. The van der Waals surface area contributed by atoms with Crippen LogP contribution in [0.15, 0.2) is 72.8 Å². The van der Waals surface area contributed by atoms with Gasteiger partial charge in [0.25, 0.3) is 0 Å². The molecule has 0 unspecified atom stereocenters. The number of halogens is 7. The van der Waals surface area contributed by atoms with Crippen molar-refractivity contribution >= 4 is 11.6 Å². The minimum absolute atomic E-state index is 0.146. The number of ether oxygens (including phenoxy) is 2. The van der Waals surface area contributed by atoms with E-state index in [1.54, 1.807) is 24.3 Å². The first-order chi connectivity index (χ1) is 16.4. The van der Waals surface area contributed by atoms with Crippen LogP contribution in [0.3, 0.4) is 0 Å². The zero-order chi connectivity index (χ0) is 25.5. The fourth-order valence-corrected chi connectivity index (χ4v) is 4.45. The first kappa shape index (κ1) is 25.5. The van der Waals surface area contributed by atoms with Crippen molar-refractivity contribution in [1.29, 1.82) is 0 Å². The highest BCUT2D eigenvalue weighted by Crippen LogP contribution is 2.46. The van der Waals surface area contributed by atoms with Gasteiger partial charge in [-0.3, -0.25) is 0 Å². The second-order valence-corrected chi connectivity index (χ2v) is 8.87. The van der Waals surface area contributed by atoms with Crippen LogP contribution in [0.25, 0.3) is 0 Å². The van der Waals surface area contributed by atoms with Gasteiger partial charge in [0.1, 0.15) is 0 Å². The highest BCUT2D eigenvalue weighted by Gasteiger charge is 2.48. The van der Waals surface area contributed by atoms with Gasteiger partial charge in [-0.1, -0.05) is 67.1 Å². The van der Waals surface area contributed by atoms with Gasteiger partial charge in [0, 0.05) is 17.0 Å². The van der Waals surface area contributed by atoms with Crippen LogP contribution in [0.5, 0.6) is 0 Å². The molecule has 1 heterocycles. The highest BCUT2D eigenvalue weighted by atomic mass is 35.5. The molecule has 0 spiro atoms. The maximum Gasteiger partial charge on any atom is 0.416 e. The van der Waals surface area contributed by atoms with E-state index in [9.17, 15) is 26.3 Å². The highest BCUT2D eigenvalue weighted by molar-refractivity contribution is 6.30. The molecular weight excluding hydrogens is 494 g/mol. The Balaban J connectivity index is 1.83. The Morgan fingerprint density at radius 1 is 0.714 bits per heavy atom. The molecule has 1 fully saturated rings. The summed E-state index contributed by atoms with van der Waals surface area (Å²) in [4.78, 5) is 0. The van der Waals surface area contributed by atoms with Gasteiger partial charge in [0.2, 0.25) is 0 Å². The van der Waals surface area contributed by atoms with E-state index in [0.29, 0.717) is 17.0 Å². The van der Waals surface area contributed by atoms with Crippen molar-refractivity contribution in [2.24, 2.45) is 0 Å². The number of hydrogen-bond acceptors (Lipinski definition) is 2. The third-order valence-electron chi connectivity index (χ3n) is 6.34. The summed E-state index contributed by atoms with van der Waals surface area (Å²) in [7, 11) is 0. The van der Waals surface area contributed by atoms with Crippen LogP contribution >= 0.6 is 11.6 Å². The van der Waals surface area contributed by atoms with E-state index in [0.717, 1.165) is 24.3 Å². The number of alkyl halides is 6. The minimum atomic E-state index is -4.63. The van der Waals surface area contributed by atoms with Gasteiger partial charge in [-0.15, -0.1) is 0 Å². The van der Waals surface area contributed by atoms with Crippen LogP contribution in [0.4, 0.5) is 26.3 Å². The summed E-state index contributed by atoms with van der Waals surface area (Å²) >= 11 is 5.98. The van der Waals surface area contributed by atoms with Crippen molar-refractivity contribution in [3.05, 3.63) is 106 Å². The molecule has 0 aromatic heterocycles. The molecule has 186 valence electrons. The zero-order valence-corrected chi connectivity index (χ0v) is 19.3. The fourth-order valence-electron chi connectivity index (χ4n) is 4.33. The second kappa shape index (κ2) is 9.15. The molecule has 0 radical (unpaired) electrons. The van der Waals surface area contributed by atoms with Crippen molar-refractivity contribution in [2.75, 3.05) is 13.2 Å². The number of benzene rings is 3. The van der Waals surface area contributed by atoms with Crippen molar-refractivity contribution in [3.63, 3.8) is 0 Å². The Labute approximate surface area is 203 Å². The van der Waals surface area contributed by atoms with Crippen LogP contribution in [-0.4, -0.2) is 13.2 Å². The molecule has 2 nitrogen and oxygen atoms in total. The van der Waals surface area contributed by atoms with Crippen LogP contribution in [0.1, 0.15) is 41.2 Å². The lowest BCUT2D eigenvalue weighted by Crippen LogP contribution is -2.51. The van der Waals surface area contributed by atoms with E-state index in [1.807, 2.05) is 6.92 Å². The molecule has 0 aliphatic carbocycles. The summed E-state index contributed by atoms with van der Waals surface area (Å²) in [5.74, 6) is -1.22. The molecule has 1 aliphatic heterocycles. The number of rotatable bonds is 4. The minimum Gasteiger partial charge on any atom is -0.344 e. The van der Waals surface area contributed by atoms with Crippen molar-refractivity contribution in [1.82, 2.24) is 0 Å². The Morgan fingerprint density at radius 2 is 1.17 bits per heavy atom. The monoisotopic (exact) mass is 514 g/mol. The maximum atomic E-state index is 13.5. The summed E-state index contributed by atoms with van der Waals surface area (Å²) in [6, 6.07) is 15.8. The normalized spacial score (nSPS) is 17.8. The number of hydrogen-bond donors (Lipinski definition) is 0. The summed E-state index contributed by atoms with van der Waals surface area (Å²) in [6.45, 7) is 1.41. The van der Waals surface area contributed by atoms with Crippen LogP contribution in [0, 0.1) is 0 Å². The van der Waals surface area contributed by atoms with E-state index < -0.39 is 34.7 Å². The third kappa shape index (κ3) is 4.92. The predicted octanol–water partition coefficient (Wildman–Crippen LogP) is 7.97. The molecule has 9 heteroatoms. The molecule has 1 aliphatic rings. The molecule has 0 N–H and O–H groups in total. The van der Waals surface area contributed by atoms with Crippen LogP contribution < -0.4 is 0 Å². The summed E-state index contributed by atoms with van der Waals surface area (Å²) in [5.41, 5.74) is -2.29. The quantitative estimate of drug-likeness (QED) is 0.329. The first-order valence-corrected chi connectivity index (χ1v) is 11.2. The van der Waals surface area contributed by atoms with Gasteiger partial charge in [-0.25, -0.2) is 0 Å². The first-order valence-electron chi connectivity index (χ1n) is 10.8. The summed E-state index contributed by atoms with van der Waals surface area (Å²) < 4.78 is 93.3. The van der Waals surface area contributed by atoms with E-state index >= 15 is 0 Å². The Hall–Kier alpha value is -2.55. The molecule has 0 atom stereocenters. The smallest absolute Gasteiger partial charge is 0.344 e. The molecule has 0 amide bonds. The molecule has 3 aromatic rings. The lowest BCUT2D eigenvalue weighted by molar-refractivity contribution is -0.295. The van der Waals surface area contributed by atoms with Crippen molar-refractivity contribution in [3.8, 4) is 0 Å². The Morgan fingerprint density at radius 3 is 1.57 bits per heavy atom. The lowest BCUT2D eigenvalue weighted by Gasteiger charge is -2.47. The fraction of sp³-hybridized carbons (Fsp3) is 0.308. The van der Waals surface area contributed by atoms with E-state index in [1.165, 1.54) is 24.3 Å². The van der Waals surface area contributed by atoms with Crippen molar-refractivity contribution in [2.45, 2.75) is 36.9 Å². The Kier molecular flexibility index (Phi) is 6.68. The molecular formula is C26H21ClF6O2. The summed E-state index contributed by atoms with van der Waals surface area (Å²) in [5, 5.41) is 0.498. The molecule has 3 aromatic carbocycles. The van der Waals surface area contributed by atoms with Gasteiger partial charge < -0.3 is 9.47 Å². The van der Waals surface area contributed by atoms with E-state index in [4.69, 9.17) is 21.1 Å². The van der Waals surface area contributed by atoms with Crippen LogP contribution in [-0.2, 0) is 33.0 Å². The SMILES string of the molecule is CCC1(c2ccc(Cl)cc2)OCC(c2cccc(C(F)(F)F)c2)(c2cccc(C(F)(F)F)c2)CO1. The molecule has 4 rings (SSSR count). The summed E-state index contributed by atoms with van der Waals surface area (Å²) in [6.07, 6.45) is -8.90. The van der Waals surface area contributed by atoms with Gasteiger partial charge in [0.15, 0.2) is 5.79 Å². The largest absolute Gasteiger partial charge is 0.416 e. The zero-order valence-electron chi connectivity index (χ0n) is 18.5. The van der Waals surface area contributed by atoms with Gasteiger partial charge in [-0.2, -0.15) is 26.3 Å². The average molecular weight is 515 g/mol. The third-order valence-corrected chi connectivity index (χ3v) is 6.59. The Bertz CT molecular complexity index is 1120. The lowest BCUT2D eigenvalue weighted by atomic mass is 9.74. The standard InChI is InChI=1S/C26H21ClF6O2/c1-2-24(17-9-11-22(27)12-10-17)34-15-23(16-35-24,18-5-3-7-20(13-18)25(28,29)30)19-6-4-8-21(14-19)26(31,32)33/h3-14H,2,15-16H2,1H3. The van der Waals surface area contributed by atoms with E-state index in [-0.39, 0.29) is 24.3 Å². The predicted molar refractivity (Wildman–Crippen MR) is 119 cm³/mol. The second-order valence-electron chi connectivity index (χ2n) is 8.43. The molecule has 0 bridgehead atoms. The molecule has 1 saturated heterocycles.